The van der Waals surface area contributed by atoms with E-state index in [-0.39, 0.29) is 23.8 Å². The minimum Gasteiger partial charge on any atom is -0.357 e. The van der Waals surface area contributed by atoms with Crippen molar-refractivity contribution in [2.75, 3.05) is 25.4 Å². The standard InChI is InChI=1S/C17H27FN4OS/c1-5-19-16(21-12-15(23)22-17(2,3)4)20-10-11-24-14-8-6-13(18)7-9-14/h6-9H,5,10-12H2,1-4H3,(H,22,23)(H2,19,20,21). The molecule has 1 aromatic rings. The quantitative estimate of drug-likeness (QED) is 0.304. The van der Waals surface area contributed by atoms with Crippen molar-refractivity contribution in [1.82, 2.24) is 16.0 Å². The van der Waals surface area contributed by atoms with Gasteiger partial charge in [-0.2, -0.15) is 0 Å². The number of nitrogens with zero attached hydrogens (tertiary/aromatic N) is 1. The molecule has 0 saturated carbocycles. The van der Waals surface area contributed by atoms with Crippen LogP contribution in [0.3, 0.4) is 0 Å². The Morgan fingerprint density at radius 2 is 1.88 bits per heavy atom. The smallest absolute Gasteiger partial charge is 0.242 e. The predicted molar refractivity (Wildman–Crippen MR) is 99.0 cm³/mol. The minimum atomic E-state index is -0.260. The summed E-state index contributed by atoms with van der Waals surface area (Å²) in [4.78, 5) is 17.1. The first-order valence-electron chi connectivity index (χ1n) is 8.01. The van der Waals surface area contributed by atoms with Crippen LogP contribution in [0.25, 0.3) is 0 Å². The Bertz CT molecular complexity index is 541. The van der Waals surface area contributed by atoms with Gasteiger partial charge in [0, 0.05) is 29.3 Å². The number of hydrogen-bond donors (Lipinski definition) is 3. The summed E-state index contributed by atoms with van der Waals surface area (Å²) in [5.74, 6) is 1.08. The number of nitrogens with one attached hydrogen (secondary N) is 3. The molecule has 1 aromatic carbocycles. The van der Waals surface area contributed by atoms with Crippen molar-refractivity contribution in [3.05, 3.63) is 30.1 Å². The molecule has 0 unspecified atom stereocenters. The van der Waals surface area contributed by atoms with Crippen LogP contribution in [0.4, 0.5) is 4.39 Å². The number of guanidine groups is 1. The van der Waals surface area contributed by atoms with Crippen molar-refractivity contribution in [3.63, 3.8) is 0 Å². The Labute approximate surface area is 147 Å². The van der Waals surface area contributed by atoms with E-state index in [9.17, 15) is 9.18 Å². The number of halogens is 1. The van der Waals surface area contributed by atoms with Crippen LogP contribution in [0, 0.1) is 5.82 Å². The number of aliphatic imine (C=N–C) groups is 1. The fraction of sp³-hybridized carbons (Fsp3) is 0.529. The zero-order valence-electron chi connectivity index (χ0n) is 14.8. The van der Waals surface area contributed by atoms with E-state index < -0.39 is 0 Å². The van der Waals surface area contributed by atoms with Crippen molar-refractivity contribution >= 4 is 23.6 Å². The second-order valence-electron chi connectivity index (χ2n) is 6.22. The summed E-state index contributed by atoms with van der Waals surface area (Å²) >= 11 is 1.63. The molecule has 3 N–H and O–H groups in total. The molecule has 0 radical (unpaired) electrons. The SMILES string of the molecule is CCNC(=NCC(=O)NC(C)(C)C)NCCSc1ccc(F)cc1. The van der Waals surface area contributed by atoms with Gasteiger partial charge in [0.2, 0.25) is 5.91 Å². The van der Waals surface area contributed by atoms with E-state index in [0.717, 1.165) is 17.2 Å². The van der Waals surface area contributed by atoms with Gasteiger partial charge in [0.1, 0.15) is 12.4 Å². The van der Waals surface area contributed by atoms with E-state index in [0.29, 0.717) is 12.5 Å². The number of amides is 1. The molecule has 0 aromatic heterocycles. The van der Waals surface area contributed by atoms with Gasteiger partial charge >= 0.3 is 0 Å². The maximum Gasteiger partial charge on any atom is 0.242 e. The lowest BCUT2D eigenvalue weighted by atomic mass is 10.1. The van der Waals surface area contributed by atoms with E-state index >= 15 is 0 Å². The maximum atomic E-state index is 12.8. The molecule has 0 aliphatic rings. The van der Waals surface area contributed by atoms with Crippen molar-refractivity contribution < 1.29 is 9.18 Å². The molecule has 134 valence electrons. The highest BCUT2D eigenvalue weighted by Crippen LogP contribution is 2.17. The summed E-state index contributed by atoms with van der Waals surface area (Å²) in [5, 5.41) is 9.17. The van der Waals surface area contributed by atoms with E-state index in [1.165, 1.54) is 12.1 Å². The van der Waals surface area contributed by atoms with Crippen LogP contribution in [0.15, 0.2) is 34.2 Å². The second kappa shape index (κ2) is 10.2. The molecule has 0 aliphatic carbocycles. The van der Waals surface area contributed by atoms with Gasteiger partial charge in [-0.3, -0.25) is 4.79 Å². The van der Waals surface area contributed by atoms with Crippen LogP contribution in [-0.4, -0.2) is 42.8 Å². The topological polar surface area (TPSA) is 65.5 Å². The molecule has 5 nitrogen and oxygen atoms in total. The van der Waals surface area contributed by atoms with Gasteiger partial charge in [-0.05, 0) is 52.0 Å². The number of thioether (sulfide) groups is 1. The van der Waals surface area contributed by atoms with Crippen LogP contribution in [0.2, 0.25) is 0 Å². The summed E-state index contributed by atoms with van der Waals surface area (Å²) in [7, 11) is 0. The average molecular weight is 354 g/mol. The fourth-order valence-electron chi connectivity index (χ4n) is 1.82. The van der Waals surface area contributed by atoms with Crippen LogP contribution >= 0.6 is 11.8 Å². The van der Waals surface area contributed by atoms with Gasteiger partial charge in [0.25, 0.3) is 0 Å². The molecule has 24 heavy (non-hydrogen) atoms. The normalized spacial score (nSPS) is 12.0. The Morgan fingerprint density at radius 1 is 1.21 bits per heavy atom. The summed E-state index contributed by atoms with van der Waals surface area (Å²) in [6, 6.07) is 6.43. The Kier molecular flexibility index (Phi) is 8.60. The van der Waals surface area contributed by atoms with Gasteiger partial charge in [-0.1, -0.05) is 0 Å². The highest BCUT2D eigenvalue weighted by Gasteiger charge is 2.13. The van der Waals surface area contributed by atoms with Crippen LogP contribution in [0.1, 0.15) is 27.7 Å². The first-order chi connectivity index (χ1) is 11.3. The number of carbonyl (C=O) groups excluding carboxylic acids is 1. The van der Waals surface area contributed by atoms with E-state index in [1.54, 1.807) is 23.9 Å². The lowest BCUT2D eigenvalue weighted by Crippen LogP contribution is -2.43. The third-order valence-corrected chi connectivity index (χ3v) is 3.73. The summed E-state index contributed by atoms with van der Waals surface area (Å²) < 4.78 is 12.8. The molecule has 0 fully saturated rings. The van der Waals surface area contributed by atoms with Crippen molar-refractivity contribution in [2.45, 2.75) is 38.1 Å². The third kappa shape index (κ3) is 9.39. The van der Waals surface area contributed by atoms with E-state index in [2.05, 4.69) is 20.9 Å². The molecule has 0 saturated heterocycles. The lowest BCUT2D eigenvalue weighted by molar-refractivity contribution is -0.121. The summed E-state index contributed by atoms with van der Waals surface area (Å²) in [6.45, 7) is 9.27. The lowest BCUT2D eigenvalue weighted by Gasteiger charge is -2.20. The van der Waals surface area contributed by atoms with Crippen LogP contribution in [0.5, 0.6) is 0 Å². The number of rotatable bonds is 7. The van der Waals surface area contributed by atoms with Crippen molar-refractivity contribution in [2.24, 2.45) is 4.99 Å². The zero-order valence-corrected chi connectivity index (χ0v) is 15.6. The van der Waals surface area contributed by atoms with Gasteiger partial charge in [-0.15, -0.1) is 11.8 Å². The average Bonchev–Trinajstić information content (AvgIpc) is 2.49. The van der Waals surface area contributed by atoms with Crippen LogP contribution in [-0.2, 0) is 4.79 Å². The van der Waals surface area contributed by atoms with Crippen molar-refractivity contribution in [3.8, 4) is 0 Å². The maximum absolute atomic E-state index is 12.8. The third-order valence-electron chi connectivity index (χ3n) is 2.72. The molecule has 0 heterocycles. The summed E-state index contributed by atoms with van der Waals surface area (Å²) in [6.07, 6.45) is 0. The molecule has 0 atom stereocenters. The second-order valence-corrected chi connectivity index (χ2v) is 7.39. The molecule has 0 aliphatic heterocycles. The first kappa shape index (κ1) is 20.3. The first-order valence-corrected chi connectivity index (χ1v) is 9.00. The zero-order chi connectivity index (χ0) is 18.0. The molecular weight excluding hydrogens is 327 g/mol. The van der Waals surface area contributed by atoms with Gasteiger partial charge in [-0.25, -0.2) is 9.38 Å². The minimum absolute atomic E-state index is 0.0811. The Balaban J connectivity index is 2.37. The molecule has 7 heteroatoms. The van der Waals surface area contributed by atoms with E-state index in [4.69, 9.17) is 0 Å². The van der Waals surface area contributed by atoms with Crippen LogP contribution < -0.4 is 16.0 Å². The molecular formula is C17H27FN4OS. The fourth-order valence-corrected chi connectivity index (χ4v) is 2.59. The molecule has 0 bridgehead atoms. The molecule has 1 amide bonds. The van der Waals surface area contributed by atoms with Gasteiger partial charge < -0.3 is 16.0 Å². The number of hydrogen-bond acceptors (Lipinski definition) is 3. The highest BCUT2D eigenvalue weighted by molar-refractivity contribution is 7.99. The molecule has 0 spiro atoms. The number of carbonyl (C=O) groups is 1. The highest BCUT2D eigenvalue weighted by atomic mass is 32.2. The van der Waals surface area contributed by atoms with E-state index in [1.807, 2.05) is 27.7 Å². The predicted octanol–water partition coefficient (Wildman–Crippen LogP) is 2.39. The van der Waals surface area contributed by atoms with Gasteiger partial charge in [0.15, 0.2) is 5.96 Å². The largest absolute Gasteiger partial charge is 0.357 e. The Hall–Kier alpha value is -1.76. The van der Waals surface area contributed by atoms with Gasteiger partial charge in [0.05, 0.1) is 0 Å². The monoisotopic (exact) mass is 354 g/mol. The van der Waals surface area contributed by atoms with Crippen molar-refractivity contribution in [1.29, 1.82) is 0 Å². The molecule has 1 rings (SSSR count). The summed E-state index contributed by atoms with van der Waals surface area (Å²) in [5.41, 5.74) is -0.260. The Morgan fingerprint density at radius 3 is 2.46 bits per heavy atom. The number of benzene rings is 1.